The molecule has 0 bridgehead atoms. The van der Waals surface area contributed by atoms with Crippen molar-refractivity contribution in [2.45, 2.75) is 25.8 Å². The maximum Gasteiger partial charge on any atom is 0.260 e. The minimum atomic E-state index is -0.0617. The third-order valence-corrected chi connectivity index (χ3v) is 3.41. The highest BCUT2D eigenvalue weighted by atomic mass is 16.5. The molecule has 0 saturated carbocycles. The Hall–Kier alpha value is -1.88. The Labute approximate surface area is 118 Å². The number of ketones is 1. The van der Waals surface area contributed by atoms with Crippen LogP contribution in [0.4, 0.5) is 0 Å². The molecule has 0 radical (unpaired) electrons. The van der Waals surface area contributed by atoms with Crippen LogP contribution in [0.5, 0.6) is 5.75 Å². The molecule has 1 atom stereocenters. The van der Waals surface area contributed by atoms with E-state index in [1.807, 2.05) is 0 Å². The summed E-state index contributed by atoms with van der Waals surface area (Å²) in [5.74, 6) is 0.449. The van der Waals surface area contributed by atoms with E-state index in [0.717, 1.165) is 19.4 Å². The molecule has 1 unspecified atom stereocenters. The Balaban J connectivity index is 1.89. The van der Waals surface area contributed by atoms with E-state index in [1.54, 1.807) is 29.2 Å². The van der Waals surface area contributed by atoms with Gasteiger partial charge in [-0.1, -0.05) is 12.1 Å². The normalized spacial score (nSPS) is 18.7. The third-order valence-electron chi connectivity index (χ3n) is 3.41. The van der Waals surface area contributed by atoms with Gasteiger partial charge in [-0.05, 0) is 31.9 Å². The Morgan fingerprint density at radius 1 is 1.45 bits per heavy atom. The van der Waals surface area contributed by atoms with Gasteiger partial charge in [0.15, 0.2) is 12.4 Å². The first-order valence-corrected chi connectivity index (χ1v) is 6.83. The summed E-state index contributed by atoms with van der Waals surface area (Å²) in [4.78, 5) is 25.0. The number of carbonyl (C=O) groups excluding carboxylic acids is 2. The predicted octanol–water partition coefficient (Wildman–Crippen LogP) is 1.22. The number of carbonyl (C=O) groups is 2. The number of nitrogens with two attached hydrogens (primary N) is 1. The zero-order valence-corrected chi connectivity index (χ0v) is 11.7. The number of benzene rings is 1. The maximum atomic E-state index is 12.0. The lowest BCUT2D eigenvalue weighted by atomic mass is 10.1. The summed E-state index contributed by atoms with van der Waals surface area (Å²) in [7, 11) is 0. The van der Waals surface area contributed by atoms with Crippen LogP contribution in [0.25, 0.3) is 0 Å². The van der Waals surface area contributed by atoms with Crippen molar-refractivity contribution < 1.29 is 14.3 Å². The van der Waals surface area contributed by atoms with Gasteiger partial charge in [-0.15, -0.1) is 0 Å². The molecule has 1 aromatic carbocycles. The van der Waals surface area contributed by atoms with Crippen LogP contribution in [-0.4, -0.2) is 42.3 Å². The molecular formula is C15H20N2O3. The molecule has 108 valence electrons. The number of amides is 1. The van der Waals surface area contributed by atoms with Crippen LogP contribution in [0.1, 0.15) is 30.1 Å². The molecule has 5 heteroatoms. The van der Waals surface area contributed by atoms with E-state index >= 15 is 0 Å². The van der Waals surface area contributed by atoms with Crippen LogP contribution in [0.2, 0.25) is 0 Å². The van der Waals surface area contributed by atoms with Gasteiger partial charge in [0.2, 0.25) is 0 Å². The zero-order chi connectivity index (χ0) is 14.5. The van der Waals surface area contributed by atoms with Gasteiger partial charge in [0.05, 0.1) is 0 Å². The van der Waals surface area contributed by atoms with E-state index in [2.05, 4.69) is 0 Å². The van der Waals surface area contributed by atoms with Crippen molar-refractivity contribution in [1.82, 2.24) is 4.90 Å². The fourth-order valence-electron chi connectivity index (χ4n) is 2.28. The lowest BCUT2D eigenvalue weighted by molar-refractivity contribution is -0.134. The number of rotatable bonds is 4. The second-order valence-electron chi connectivity index (χ2n) is 5.11. The molecule has 20 heavy (non-hydrogen) atoms. The number of likely N-dealkylation sites (tertiary alicyclic amines) is 1. The van der Waals surface area contributed by atoms with Crippen LogP contribution in [-0.2, 0) is 4.79 Å². The average Bonchev–Trinajstić information content (AvgIpc) is 2.45. The van der Waals surface area contributed by atoms with Gasteiger partial charge in [0.25, 0.3) is 5.91 Å². The first kappa shape index (κ1) is 14.5. The number of ether oxygens (including phenoxy) is 1. The smallest absolute Gasteiger partial charge is 0.260 e. The molecule has 1 aromatic rings. The Bertz CT molecular complexity index is 502. The molecule has 1 heterocycles. The quantitative estimate of drug-likeness (QED) is 0.839. The van der Waals surface area contributed by atoms with Crippen LogP contribution < -0.4 is 10.5 Å². The monoisotopic (exact) mass is 276 g/mol. The first-order valence-electron chi connectivity index (χ1n) is 6.83. The highest BCUT2D eigenvalue weighted by molar-refractivity contribution is 5.94. The number of hydrogen-bond donors (Lipinski definition) is 1. The van der Waals surface area contributed by atoms with E-state index < -0.39 is 0 Å². The first-order chi connectivity index (χ1) is 9.56. The number of hydrogen-bond acceptors (Lipinski definition) is 4. The molecule has 0 aromatic heterocycles. The summed E-state index contributed by atoms with van der Waals surface area (Å²) >= 11 is 0. The molecular weight excluding hydrogens is 256 g/mol. The van der Waals surface area contributed by atoms with Crippen LogP contribution in [0, 0.1) is 0 Å². The van der Waals surface area contributed by atoms with E-state index in [4.69, 9.17) is 10.5 Å². The summed E-state index contributed by atoms with van der Waals surface area (Å²) in [5, 5.41) is 0. The van der Waals surface area contributed by atoms with Crippen molar-refractivity contribution in [3.05, 3.63) is 29.8 Å². The molecule has 2 rings (SSSR count). The lowest BCUT2D eigenvalue weighted by Gasteiger charge is -2.30. The average molecular weight is 276 g/mol. The Morgan fingerprint density at radius 3 is 2.95 bits per heavy atom. The molecule has 0 aliphatic carbocycles. The van der Waals surface area contributed by atoms with Crippen LogP contribution in [0.3, 0.4) is 0 Å². The van der Waals surface area contributed by atoms with Crippen molar-refractivity contribution in [1.29, 1.82) is 0 Å². The summed E-state index contributed by atoms with van der Waals surface area (Å²) in [6, 6.07) is 6.92. The molecule has 1 saturated heterocycles. The topological polar surface area (TPSA) is 72.6 Å². The maximum absolute atomic E-state index is 12.0. The van der Waals surface area contributed by atoms with Gasteiger partial charge in [0, 0.05) is 24.7 Å². The van der Waals surface area contributed by atoms with Crippen molar-refractivity contribution in [3.8, 4) is 5.75 Å². The van der Waals surface area contributed by atoms with Crippen molar-refractivity contribution >= 4 is 11.7 Å². The van der Waals surface area contributed by atoms with Crippen LogP contribution in [0.15, 0.2) is 24.3 Å². The van der Waals surface area contributed by atoms with Crippen LogP contribution >= 0.6 is 0 Å². The molecule has 5 nitrogen and oxygen atoms in total. The van der Waals surface area contributed by atoms with E-state index in [1.165, 1.54) is 6.92 Å². The standard InChI is InChI=1S/C15H20N2O3/c1-11(18)12-4-2-6-14(8-12)20-10-15(19)17-7-3-5-13(16)9-17/h2,4,6,8,13H,3,5,7,9-10,16H2,1H3. The number of Topliss-reactive ketones (excluding diaryl/α,β-unsaturated/α-hetero) is 1. The van der Waals surface area contributed by atoms with Crippen molar-refractivity contribution in [3.63, 3.8) is 0 Å². The van der Waals surface area contributed by atoms with Gasteiger partial charge >= 0.3 is 0 Å². The SMILES string of the molecule is CC(=O)c1cccc(OCC(=O)N2CCCC(N)C2)c1. The third kappa shape index (κ3) is 3.81. The Kier molecular flexibility index (Phi) is 4.74. The number of piperidine rings is 1. The van der Waals surface area contributed by atoms with Gasteiger partial charge in [0.1, 0.15) is 5.75 Å². The molecule has 1 aliphatic heterocycles. The summed E-state index contributed by atoms with van der Waals surface area (Å²) in [6.45, 7) is 2.81. The highest BCUT2D eigenvalue weighted by Crippen LogP contribution is 2.14. The minimum absolute atomic E-state index is 0.0198. The summed E-state index contributed by atoms with van der Waals surface area (Å²) in [5.41, 5.74) is 6.43. The molecule has 1 aliphatic rings. The minimum Gasteiger partial charge on any atom is -0.484 e. The zero-order valence-electron chi connectivity index (χ0n) is 11.7. The van der Waals surface area contributed by atoms with Crippen molar-refractivity contribution in [2.24, 2.45) is 5.73 Å². The fraction of sp³-hybridized carbons (Fsp3) is 0.467. The molecule has 2 N–H and O–H groups in total. The van der Waals surface area contributed by atoms with E-state index in [9.17, 15) is 9.59 Å². The number of nitrogens with zero attached hydrogens (tertiary/aromatic N) is 1. The predicted molar refractivity (Wildman–Crippen MR) is 75.7 cm³/mol. The molecule has 1 amide bonds. The van der Waals surface area contributed by atoms with Crippen molar-refractivity contribution in [2.75, 3.05) is 19.7 Å². The Morgan fingerprint density at radius 2 is 2.25 bits per heavy atom. The van der Waals surface area contributed by atoms with E-state index in [0.29, 0.717) is 17.9 Å². The second-order valence-corrected chi connectivity index (χ2v) is 5.11. The lowest BCUT2D eigenvalue weighted by Crippen LogP contribution is -2.47. The summed E-state index contributed by atoms with van der Waals surface area (Å²) in [6.07, 6.45) is 1.90. The van der Waals surface area contributed by atoms with Gasteiger partial charge in [-0.2, -0.15) is 0 Å². The van der Waals surface area contributed by atoms with Gasteiger partial charge < -0.3 is 15.4 Å². The van der Waals surface area contributed by atoms with Gasteiger partial charge in [-0.3, -0.25) is 9.59 Å². The summed E-state index contributed by atoms with van der Waals surface area (Å²) < 4.78 is 5.46. The van der Waals surface area contributed by atoms with Gasteiger partial charge in [-0.25, -0.2) is 0 Å². The highest BCUT2D eigenvalue weighted by Gasteiger charge is 2.21. The molecule has 1 fully saturated rings. The largest absolute Gasteiger partial charge is 0.484 e. The van der Waals surface area contributed by atoms with E-state index in [-0.39, 0.29) is 24.3 Å². The fourth-order valence-corrected chi connectivity index (χ4v) is 2.28. The second kappa shape index (κ2) is 6.52. The molecule has 0 spiro atoms.